The predicted octanol–water partition coefficient (Wildman–Crippen LogP) is 5.42. The number of hydrogen-bond donors (Lipinski definition) is 1. The SMILES string of the molecule is C[C@@H](C(=O)NC1CCCCC1)N(Cc1cccc(Br)c1)C(=O)CN(c1ccc([N+](=O)[O-])cc1)S(=O)(=O)c1ccccc1. The third kappa shape index (κ3) is 7.74. The lowest BCUT2D eigenvalue weighted by Crippen LogP contribution is -2.53. The van der Waals surface area contributed by atoms with Crippen molar-refractivity contribution in [2.45, 2.75) is 62.6 Å². The minimum absolute atomic E-state index is 0.0339. The fourth-order valence-corrected chi connectivity index (χ4v) is 6.85. The van der Waals surface area contributed by atoms with Crippen molar-refractivity contribution in [3.8, 4) is 0 Å². The normalized spacial score (nSPS) is 14.5. The summed E-state index contributed by atoms with van der Waals surface area (Å²) in [4.78, 5) is 39.4. The molecule has 12 heteroatoms. The van der Waals surface area contributed by atoms with Crippen LogP contribution in [-0.2, 0) is 26.2 Å². The maximum absolute atomic E-state index is 14.0. The highest BCUT2D eigenvalue weighted by molar-refractivity contribution is 9.10. The molecule has 222 valence electrons. The summed E-state index contributed by atoms with van der Waals surface area (Å²) in [5, 5.41) is 14.3. The van der Waals surface area contributed by atoms with Crippen LogP contribution in [0.4, 0.5) is 11.4 Å². The van der Waals surface area contributed by atoms with Crippen molar-refractivity contribution in [1.82, 2.24) is 10.2 Å². The summed E-state index contributed by atoms with van der Waals surface area (Å²) in [5.74, 6) is -0.905. The van der Waals surface area contributed by atoms with E-state index in [2.05, 4.69) is 21.2 Å². The predicted molar refractivity (Wildman–Crippen MR) is 163 cm³/mol. The number of sulfonamides is 1. The monoisotopic (exact) mass is 656 g/mol. The van der Waals surface area contributed by atoms with Gasteiger partial charge in [0.25, 0.3) is 15.7 Å². The molecule has 42 heavy (non-hydrogen) atoms. The molecule has 0 aromatic heterocycles. The Morgan fingerprint density at radius 1 is 1.00 bits per heavy atom. The van der Waals surface area contributed by atoms with E-state index >= 15 is 0 Å². The third-order valence-electron chi connectivity index (χ3n) is 7.32. The Kier molecular flexibility index (Phi) is 10.3. The maximum atomic E-state index is 14.0. The summed E-state index contributed by atoms with van der Waals surface area (Å²) < 4.78 is 29.4. The van der Waals surface area contributed by atoms with Crippen LogP contribution in [0.25, 0.3) is 0 Å². The summed E-state index contributed by atoms with van der Waals surface area (Å²) in [6, 6.07) is 19.1. The number of carbonyl (C=O) groups excluding carboxylic acids is 2. The van der Waals surface area contributed by atoms with Gasteiger partial charge in [0.15, 0.2) is 0 Å². The smallest absolute Gasteiger partial charge is 0.269 e. The summed E-state index contributed by atoms with van der Waals surface area (Å²) in [5.41, 5.74) is 0.619. The third-order valence-corrected chi connectivity index (χ3v) is 9.60. The second kappa shape index (κ2) is 13.9. The van der Waals surface area contributed by atoms with Gasteiger partial charge in [-0.1, -0.05) is 65.5 Å². The fourth-order valence-electron chi connectivity index (χ4n) is 4.97. The zero-order chi connectivity index (χ0) is 30.3. The van der Waals surface area contributed by atoms with Crippen LogP contribution in [-0.4, -0.2) is 48.7 Å². The lowest BCUT2D eigenvalue weighted by molar-refractivity contribution is -0.384. The molecule has 1 atom stereocenters. The number of halogens is 1. The van der Waals surface area contributed by atoms with Crippen molar-refractivity contribution in [2.75, 3.05) is 10.8 Å². The number of carbonyl (C=O) groups is 2. The number of non-ortho nitro benzene ring substituents is 1. The topological polar surface area (TPSA) is 130 Å². The number of hydrogen-bond acceptors (Lipinski definition) is 6. The van der Waals surface area contributed by atoms with E-state index in [-0.39, 0.29) is 34.8 Å². The van der Waals surface area contributed by atoms with E-state index in [1.165, 1.54) is 41.3 Å². The molecule has 3 aromatic rings. The second-order valence-corrected chi connectivity index (χ2v) is 13.0. The maximum Gasteiger partial charge on any atom is 0.269 e. The number of benzene rings is 3. The number of nitro groups is 1. The van der Waals surface area contributed by atoms with Crippen molar-refractivity contribution < 1.29 is 22.9 Å². The molecule has 0 radical (unpaired) electrons. The first-order chi connectivity index (χ1) is 20.1. The Labute approximate surface area is 254 Å². The van der Waals surface area contributed by atoms with Gasteiger partial charge < -0.3 is 10.2 Å². The van der Waals surface area contributed by atoms with Crippen LogP contribution in [0.15, 0.2) is 88.2 Å². The molecule has 10 nitrogen and oxygen atoms in total. The highest BCUT2D eigenvalue weighted by Crippen LogP contribution is 2.27. The van der Waals surface area contributed by atoms with E-state index in [9.17, 15) is 28.1 Å². The van der Waals surface area contributed by atoms with Gasteiger partial charge in [-0.2, -0.15) is 0 Å². The second-order valence-electron chi connectivity index (χ2n) is 10.3. The molecule has 1 fully saturated rings. The Balaban J connectivity index is 1.68. The molecule has 1 saturated carbocycles. The summed E-state index contributed by atoms with van der Waals surface area (Å²) >= 11 is 3.44. The molecule has 1 aliphatic rings. The van der Waals surface area contributed by atoms with Crippen molar-refractivity contribution in [1.29, 1.82) is 0 Å². The highest BCUT2D eigenvalue weighted by Gasteiger charge is 2.33. The molecular weight excluding hydrogens is 624 g/mol. The van der Waals surface area contributed by atoms with Crippen LogP contribution in [0.3, 0.4) is 0 Å². The molecule has 0 bridgehead atoms. The fraction of sp³-hybridized carbons (Fsp3) is 0.333. The molecule has 4 rings (SSSR count). The van der Waals surface area contributed by atoms with Crippen LogP contribution < -0.4 is 9.62 Å². The molecule has 0 spiro atoms. The Hall–Kier alpha value is -3.77. The molecule has 0 unspecified atom stereocenters. The minimum atomic E-state index is -4.26. The molecular formula is C30H33BrN4O6S. The zero-order valence-electron chi connectivity index (χ0n) is 23.2. The van der Waals surface area contributed by atoms with Crippen LogP contribution in [0, 0.1) is 10.1 Å². The van der Waals surface area contributed by atoms with Crippen molar-refractivity contribution >= 4 is 49.1 Å². The number of nitrogens with zero attached hydrogens (tertiary/aromatic N) is 3. The summed E-state index contributed by atoms with van der Waals surface area (Å²) in [6.45, 7) is 1.08. The van der Waals surface area contributed by atoms with Gasteiger partial charge in [0.2, 0.25) is 11.8 Å². The molecule has 0 heterocycles. The van der Waals surface area contributed by atoms with Crippen LogP contribution >= 0.6 is 15.9 Å². The summed E-state index contributed by atoms with van der Waals surface area (Å²) in [7, 11) is -4.26. The largest absolute Gasteiger partial charge is 0.352 e. The summed E-state index contributed by atoms with van der Waals surface area (Å²) in [6.07, 6.45) is 4.94. The molecule has 2 amide bonds. The first-order valence-corrected chi connectivity index (χ1v) is 16.0. The number of amides is 2. The van der Waals surface area contributed by atoms with Gasteiger partial charge in [0.05, 0.1) is 15.5 Å². The van der Waals surface area contributed by atoms with Gasteiger partial charge >= 0.3 is 0 Å². The van der Waals surface area contributed by atoms with Gasteiger partial charge in [-0.3, -0.25) is 24.0 Å². The number of anilines is 1. The number of nitrogens with one attached hydrogen (secondary N) is 1. The molecule has 0 saturated heterocycles. The average Bonchev–Trinajstić information content (AvgIpc) is 2.99. The van der Waals surface area contributed by atoms with Crippen LogP contribution in [0.5, 0.6) is 0 Å². The van der Waals surface area contributed by atoms with Gasteiger partial charge in [-0.15, -0.1) is 0 Å². The van der Waals surface area contributed by atoms with Gasteiger partial charge in [-0.25, -0.2) is 8.42 Å². The Morgan fingerprint density at radius 3 is 2.29 bits per heavy atom. The molecule has 3 aromatic carbocycles. The standard InChI is InChI=1S/C30H33BrN4O6S/c1-22(30(37)32-25-11-4-2-5-12-25)33(20-23-9-8-10-24(31)19-23)29(36)21-34(26-15-17-27(18-16-26)35(38)39)42(40,41)28-13-6-3-7-14-28/h3,6-10,13-19,22,25H,2,4-5,11-12,20-21H2,1H3,(H,32,37)/t22-/m0/s1. The van der Waals surface area contributed by atoms with Gasteiger partial charge in [0, 0.05) is 29.2 Å². The lowest BCUT2D eigenvalue weighted by atomic mass is 9.95. The Morgan fingerprint density at radius 2 is 1.67 bits per heavy atom. The average molecular weight is 658 g/mol. The first-order valence-electron chi connectivity index (χ1n) is 13.7. The highest BCUT2D eigenvalue weighted by atomic mass is 79.9. The van der Waals surface area contributed by atoms with Crippen LogP contribution in [0.1, 0.15) is 44.6 Å². The Bertz CT molecular complexity index is 1510. The van der Waals surface area contributed by atoms with Crippen LogP contribution in [0.2, 0.25) is 0 Å². The van der Waals surface area contributed by atoms with E-state index in [4.69, 9.17) is 0 Å². The van der Waals surface area contributed by atoms with E-state index in [1.54, 1.807) is 25.1 Å². The van der Waals surface area contributed by atoms with Crippen molar-refractivity contribution in [2.24, 2.45) is 0 Å². The van der Waals surface area contributed by atoms with Gasteiger partial charge in [0.1, 0.15) is 12.6 Å². The van der Waals surface area contributed by atoms with Crippen molar-refractivity contribution in [3.63, 3.8) is 0 Å². The number of rotatable bonds is 11. The zero-order valence-corrected chi connectivity index (χ0v) is 25.6. The van der Waals surface area contributed by atoms with E-state index in [1.807, 2.05) is 24.3 Å². The molecule has 1 aliphatic carbocycles. The number of nitro benzene ring substituents is 1. The van der Waals surface area contributed by atoms with Gasteiger partial charge in [-0.05, 0) is 61.7 Å². The molecule has 0 aliphatic heterocycles. The van der Waals surface area contributed by atoms with E-state index in [0.717, 1.165) is 46.4 Å². The van der Waals surface area contributed by atoms with E-state index in [0.29, 0.717) is 0 Å². The lowest BCUT2D eigenvalue weighted by Gasteiger charge is -2.33. The first kappa shape index (κ1) is 31.2. The molecule has 1 N–H and O–H groups in total. The van der Waals surface area contributed by atoms with Crippen molar-refractivity contribution in [3.05, 3.63) is 99.0 Å². The quantitative estimate of drug-likeness (QED) is 0.217. The van der Waals surface area contributed by atoms with E-state index < -0.39 is 33.4 Å². The minimum Gasteiger partial charge on any atom is -0.352 e.